The molecule has 1 aliphatic heterocycles. The van der Waals surface area contributed by atoms with Crippen molar-refractivity contribution in [1.82, 2.24) is 0 Å². The zero-order chi connectivity index (χ0) is 9.42. The van der Waals surface area contributed by atoms with Crippen molar-refractivity contribution in [3.63, 3.8) is 0 Å². The van der Waals surface area contributed by atoms with Crippen LogP contribution in [-0.4, -0.2) is 13.1 Å². The van der Waals surface area contributed by atoms with Crippen molar-refractivity contribution in [3.8, 4) is 0 Å². The van der Waals surface area contributed by atoms with E-state index in [9.17, 15) is 0 Å². The first-order valence-corrected chi connectivity index (χ1v) is 4.77. The fourth-order valence-corrected chi connectivity index (χ4v) is 1.96. The summed E-state index contributed by atoms with van der Waals surface area (Å²) in [6.45, 7) is 2.14. The highest BCUT2D eigenvalue weighted by Crippen LogP contribution is 2.34. The van der Waals surface area contributed by atoms with E-state index in [-0.39, 0.29) is 24.0 Å². The molecule has 1 unspecified atom stereocenters. The van der Waals surface area contributed by atoms with Crippen LogP contribution in [0.15, 0.2) is 30.3 Å². The first kappa shape index (κ1) is 11.9. The lowest BCUT2D eigenvalue weighted by Crippen LogP contribution is -2.30. The average molecular weight is 322 g/mol. The van der Waals surface area contributed by atoms with Gasteiger partial charge in [0.15, 0.2) is 0 Å². The zero-order valence-corrected chi connectivity index (χ0v) is 11.3. The predicted molar refractivity (Wildman–Crippen MR) is 73.6 cm³/mol. The Bertz CT molecular complexity index is 362. The van der Waals surface area contributed by atoms with Crippen LogP contribution in [0.5, 0.6) is 0 Å². The monoisotopic (exact) mass is 321 g/mol. The third-order valence-corrected chi connectivity index (χ3v) is 2.87. The fourth-order valence-electron chi connectivity index (χ4n) is 1.62. The molecule has 0 bridgehead atoms. The zero-order valence-electron chi connectivity index (χ0n) is 8.20. The van der Waals surface area contributed by atoms with Gasteiger partial charge in [-0.3, -0.25) is 0 Å². The Balaban J connectivity index is 0.000000980. The molecule has 1 aliphatic rings. The molecule has 76 valence electrons. The molecular formula is C11H13ClIN. The lowest BCUT2D eigenvalue weighted by atomic mass is 10.0. The highest BCUT2D eigenvalue weighted by molar-refractivity contribution is 14.0. The number of hydrogen-bond acceptors (Lipinski definition) is 1. The Morgan fingerprint density at radius 3 is 2.64 bits per heavy atom. The van der Waals surface area contributed by atoms with Crippen LogP contribution in [0.2, 0.25) is 0 Å². The van der Waals surface area contributed by atoms with Crippen LogP contribution in [0.4, 0.5) is 5.69 Å². The van der Waals surface area contributed by atoms with Gasteiger partial charge in [0.2, 0.25) is 0 Å². The van der Waals surface area contributed by atoms with Gasteiger partial charge in [0.25, 0.3) is 0 Å². The average Bonchev–Trinajstić information content (AvgIpc) is 2.15. The molecule has 3 heteroatoms. The van der Waals surface area contributed by atoms with E-state index in [1.165, 1.54) is 5.69 Å². The van der Waals surface area contributed by atoms with Gasteiger partial charge in [-0.25, -0.2) is 0 Å². The van der Waals surface area contributed by atoms with Gasteiger partial charge in [-0.1, -0.05) is 29.8 Å². The number of benzene rings is 1. The largest absolute Gasteiger partial charge is 0.368 e. The lowest BCUT2D eigenvalue weighted by molar-refractivity contribution is 0.816. The summed E-state index contributed by atoms with van der Waals surface area (Å²) in [6.07, 6.45) is 2.07. The molecule has 1 aromatic carbocycles. The Morgan fingerprint density at radius 2 is 1.93 bits per heavy atom. The van der Waals surface area contributed by atoms with Crippen molar-refractivity contribution in [1.29, 1.82) is 0 Å². The highest BCUT2D eigenvalue weighted by atomic mass is 127. The smallest absolute Gasteiger partial charge is 0.0479 e. The molecule has 1 aromatic rings. The van der Waals surface area contributed by atoms with Crippen molar-refractivity contribution in [2.45, 2.75) is 13.0 Å². The topological polar surface area (TPSA) is 3.24 Å². The quantitative estimate of drug-likeness (QED) is 0.658. The van der Waals surface area contributed by atoms with Crippen molar-refractivity contribution in [2.24, 2.45) is 0 Å². The van der Waals surface area contributed by atoms with Gasteiger partial charge in [-0.05, 0) is 19.1 Å². The van der Waals surface area contributed by atoms with Crippen LogP contribution in [0.25, 0.3) is 5.03 Å². The highest BCUT2D eigenvalue weighted by Gasteiger charge is 2.18. The van der Waals surface area contributed by atoms with Crippen LogP contribution in [-0.2, 0) is 0 Å². The second-order valence-corrected chi connectivity index (χ2v) is 3.79. The minimum atomic E-state index is 0. The summed E-state index contributed by atoms with van der Waals surface area (Å²) in [4.78, 5) is 2.22. The molecule has 0 aliphatic carbocycles. The Labute approximate surface area is 107 Å². The van der Waals surface area contributed by atoms with Crippen LogP contribution < -0.4 is 4.90 Å². The van der Waals surface area contributed by atoms with Gasteiger partial charge in [0.05, 0.1) is 0 Å². The van der Waals surface area contributed by atoms with Crippen LogP contribution in [0.3, 0.4) is 0 Å². The van der Waals surface area contributed by atoms with E-state index in [0.29, 0.717) is 6.04 Å². The Morgan fingerprint density at radius 1 is 1.29 bits per heavy atom. The molecule has 0 aromatic heterocycles. The van der Waals surface area contributed by atoms with Gasteiger partial charge in [-0.15, -0.1) is 24.0 Å². The van der Waals surface area contributed by atoms with Crippen LogP contribution in [0.1, 0.15) is 12.5 Å². The third-order valence-electron chi connectivity index (χ3n) is 2.54. The number of hydrogen-bond donors (Lipinski definition) is 0. The maximum Gasteiger partial charge on any atom is 0.0479 e. The second-order valence-electron chi connectivity index (χ2n) is 3.38. The molecule has 1 atom stereocenters. The van der Waals surface area contributed by atoms with Crippen LogP contribution in [0, 0.1) is 0 Å². The molecule has 0 saturated carbocycles. The molecule has 0 saturated heterocycles. The number of rotatable bonds is 0. The summed E-state index contributed by atoms with van der Waals surface area (Å²) in [5.74, 6) is 0. The minimum Gasteiger partial charge on any atom is -0.368 e. The summed E-state index contributed by atoms with van der Waals surface area (Å²) >= 11 is 6.14. The predicted octanol–water partition coefficient (Wildman–Crippen LogP) is 3.72. The van der Waals surface area contributed by atoms with Crippen molar-refractivity contribution in [3.05, 3.63) is 35.9 Å². The number of halogens is 2. The minimum absolute atomic E-state index is 0. The number of likely N-dealkylation sites (N-methyl/N-ethyl adjacent to an activating group) is 1. The summed E-state index contributed by atoms with van der Waals surface area (Å²) in [5.41, 5.74) is 2.34. The van der Waals surface area contributed by atoms with Crippen LogP contribution >= 0.6 is 35.6 Å². The van der Waals surface area contributed by atoms with Gasteiger partial charge in [0, 0.05) is 29.4 Å². The molecule has 0 N–H and O–H groups in total. The number of nitrogens with zero attached hydrogens (tertiary/aromatic N) is 1. The SMILES string of the molecule is CC1C=C(Cl)c2ccccc2N1C.I. The van der Waals surface area contributed by atoms with Gasteiger partial charge in [-0.2, -0.15) is 0 Å². The number of para-hydroxylation sites is 1. The maximum atomic E-state index is 6.14. The molecule has 0 radical (unpaired) electrons. The first-order valence-electron chi connectivity index (χ1n) is 4.39. The summed E-state index contributed by atoms with van der Waals surface area (Å²) in [6, 6.07) is 8.58. The van der Waals surface area contributed by atoms with E-state index in [4.69, 9.17) is 11.6 Å². The third kappa shape index (κ3) is 1.91. The summed E-state index contributed by atoms with van der Waals surface area (Å²) in [5, 5.41) is 0.862. The second kappa shape index (κ2) is 4.53. The fraction of sp³-hybridized carbons (Fsp3) is 0.273. The van der Waals surface area contributed by atoms with E-state index in [2.05, 4.69) is 37.1 Å². The maximum absolute atomic E-state index is 6.14. The Hall–Kier alpha value is -0.220. The molecule has 0 spiro atoms. The van der Waals surface area contributed by atoms with Crippen molar-refractivity contribution < 1.29 is 0 Å². The molecule has 1 nitrogen and oxygen atoms in total. The lowest BCUT2D eigenvalue weighted by Gasteiger charge is -2.31. The molecule has 0 amide bonds. The number of fused-ring (bicyclic) bond motifs is 1. The molecule has 0 fully saturated rings. The normalized spacial score (nSPS) is 19.5. The molecule has 1 heterocycles. The molecular weight excluding hydrogens is 308 g/mol. The summed E-state index contributed by atoms with van der Waals surface area (Å²) in [7, 11) is 2.09. The summed E-state index contributed by atoms with van der Waals surface area (Å²) < 4.78 is 0. The van der Waals surface area contributed by atoms with Gasteiger partial charge >= 0.3 is 0 Å². The first-order chi connectivity index (χ1) is 6.20. The van der Waals surface area contributed by atoms with Gasteiger partial charge < -0.3 is 4.90 Å². The van der Waals surface area contributed by atoms with E-state index in [1.807, 2.05) is 12.1 Å². The van der Waals surface area contributed by atoms with E-state index in [0.717, 1.165) is 10.6 Å². The molecule has 14 heavy (non-hydrogen) atoms. The van der Waals surface area contributed by atoms with E-state index < -0.39 is 0 Å². The van der Waals surface area contributed by atoms with Crippen molar-refractivity contribution in [2.75, 3.05) is 11.9 Å². The van der Waals surface area contributed by atoms with E-state index >= 15 is 0 Å². The standard InChI is InChI=1S/C11H12ClN.HI/c1-8-7-10(12)9-5-3-4-6-11(9)13(8)2;/h3-8H,1-2H3;1H. The molecule has 2 rings (SSSR count). The van der Waals surface area contributed by atoms with E-state index in [1.54, 1.807) is 0 Å². The number of anilines is 1. The van der Waals surface area contributed by atoms with Crippen molar-refractivity contribution >= 4 is 46.3 Å². The Kier molecular flexibility index (Phi) is 3.84. The van der Waals surface area contributed by atoms with Gasteiger partial charge in [0.1, 0.15) is 0 Å².